The van der Waals surface area contributed by atoms with Crippen LogP contribution in [0, 0.1) is 6.92 Å². The monoisotopic (exact) mass is 445 g/mol. The van der Waals surface area contributed by atoms with Gasteiger partial charge in [0.05, 0.1) is 5.69 Å². The van der Waals surface area contributed by atoms with E-state index in [1.54, 1.807) is 4.90 Å². The molecule has 1 N–H and O–H groups in total. The summed E-state index contributed by atoms with van der Waals surface area (Å²) in [5, 5.41) is 3.34. The molecule has 5 rings (SSSR count). The Morgan fingerprint density at radius 2 is 1.82 bits per heavy atom. The Bertz CT molecular complexity index is 1120. The normalized spacial score (nSPS) is 16.7. The highest BCUT2D eigenvalue weighted by molar-refractivity contribution is 6.05. The van der Waals surface area contributed by atoms with Crippen LogP contribution in [0.1, 0.15) is 37.1 Å². The first-order valence-corrected chi connectivity index (χ1v) is 11.0. The molecule has 172 valence electrons. The number of carbonyl (C=O) groups is 1. The van der Waals surface area contributed by atoms with Crippen LogP contribution < -0.4 is 19.9 Å². The summed E-state index contributed by atoms with van der Waals surface area (Å²) >= 11 is 0. The van der Waals surface area contributed by atoms with Crippen LogP contribution in [-0.2, 0) is 17.9 Å². The number of aryl methyl sites for hydroxylation is 1. The second-order valence-electron chi connectivity index (χ2n) is 8.33. The molecular formula is C26H31N5O2. The van der Waals surface area contributed by atoms with Gasteiger partial charge in [0, 0.05) is 20.1 Å². The van der Waals surface area contributed by atoms with Gasteiger partial charge in [-0.05, 0) is 43.0 Å². The van der Waals surface area contributed by atoms with Crippen molar-refractivity contribution in [3.05, 3.63) is 71.4 Å². The number of rotatable bonds is 6. The van der Waals surface area contributed by atoms with E-state index in [2.05, 4.69) is 27.3 Å². The van der Waals surface area contributed by atoms with Crippen LogP contribution in [0.3, 0.4) is 0 Å². The first-order chi connectivity index (χ1) is 15.6. The quantitative estimate of drug-likeness (QED) is 0.600. The summed E-state index contributed by atoms with van der Waals surface area (Å²) in [5.74, 6) is 2.41. The average Bonchev–Trinajstić information content (AvgIpc) is 3.31. The summed E-state index contributed by atoms with van der Waals surface area (Å²) < 4.78 is 5.86. The number of likely N-dealkylation sites (N-methyl/N-ethyl adjacent to an activating group) is 1. The van der Waals surface area contributed by atoms with Crippen LogP contribution >= 0.6 is 0 Å². The minimum Gasteiger partial charge on any atom is -0.489 e. The van der Waals surface area contributed by atoms with E-state index in [1.165, 1.54) is 0 Å². The highest BCUT2D eigenvalue weighted by Crippen LogP contribution is 2.40. The van der Waals surface area contributed by atoms with Gasteiger partial charge in [0.15, 0.2) is 5.82 Å². The van der Waals surface area contributed by atoms with E-state index in [1.807, 2.05) is 56.4 Å². The van der Waals surface area contributed by atoms with Crippen molar-refractivity contribution in [1.82, 2.24) is 9.97 Å². The second-order valence-corrected chi connectivity index (χ2v) is 8.33. The maximum absolute atomic E-state index is 12.7. The minimum absolute atomic E-state index is 0. The first-order valence-electron chi connectivity index (χ1n) is 11.0. The third-order valence-electron chi connectivity index (χ3n) is 6.14. The Balaban J connectivity index is 0.00000259. The summed E-state index contributed by atoms with van der Waals surface area (Å²) in [7, 11) is 1.82. The van der Waals surface area contributed by atoms with Crippen LogP contribution in [0.25, 0.3) is 0 Å². The number of carbonyl (C=O) groups excluding carboxylic acids is 1. The smallest absolute Gasteiger partial charge is 0.249 e. The zero-order chi connectivity index (χ0) is 22.1. The van der Waals surface area contributed by atoms with Crippen molar-refractivity contribution in [3.63, 3.8) is 0 Å². The number of anilines is 3. The van der Waals surface area contributed by atoms with Gasteiger partial charge < -0.3 is 19.9 Å². The van der Waals surface area contributed by atoms with Crippen LogP contribution in [0.2, 0.25) is 0 Å². The topological polar surface area (TPSA) is 70.6 Å². The molecule has 7 nitrogen and oxygen atoms in total. The molecule has 0 unspecified atom stereocenters. The molecular weight excluding hydrogens is 414 g/mol. The minimum atomic E-state index is -0.0990. The van der Waals surface area contributed by atoms with Crippen LogP contribution in [0.5, 0.6) is 5.75 Å². The molecule has 3 heterocycles. The Labute approximate surface area is 195 Å². The summed E-state index contributed by atoms with van der Waals surface area (Å²) in [6.45, 7) is 3.95. The lowest BCUT2D eigenvalue weighted by atomic mass is 10.1. The Hall–Kier alpha value is -3.61. The van der Waals surface area contributed by atoms with Gasteiger partial charge in [-0.2, -0.15) is 4.98 Å². The van der Waals surface area contributed by atoms with E-state index >= 15 is 0 Å². The number of fused-ring (bicyclic) bond motifs is 3. The molecule has 33 heavy (non-hydrogen) atoms. The zero-order valence-corrected chi connectivity index (χ0v) is 18.4. The fourth-order valence-corrected chi connectivity index (χ4v) is 4.46. The van der Waals surface area contributed by atoms with Crippen molar-refractivity contribution in [3.8, 4) is 5.75 Å². The molecule has 1 fully saturated rings. The van der Waals surface area contributed by atoms with E-state index in [4.69, 9.17) is 9.72 Å². The number of hydrogen-bond acceptors (Lipinski definition) is 6. The van der Waals surface area contributed by atoms with Crippen molar-refractivity contribution in [2.24, 2.45) is 0 Å². The molecule has 3 aromatic rings. The third kappa shape index (κ3) is 4.49. The van der Waals surface area contributed by atoms with Gasteiger partial charge >= 0.3 is 0 Å². The molecule has 2 aliphatic rings. The second kappa shape index (κ2) is 9.48. The predicted molar refractivity (Wildman–Crippen MR) is 132 cm³/mol. The number of amides is 1. The van der Waals surface area contributed by atoms with Gasteiger partial charge in [-0.15, -0.1) is 0 Å². The summed E-state index contributed by atoms with van der Waals surface area (Å²) in [4.78, 5) is 25.9. The number of nitrogens with one attached hydrogen (secondary N) is 1. The molecule has 1 saturated heterocycles. The highest BCUT2D eigenvalue weighted by Gasteiger charge is 2.41. The SMILES string of the molecule is C.Cc1nc(NCc2ccc(OCc3ccccc3)cc2)nc2c1N(C)C(=O)[C@@H]1CCCN21. The molecule has 0 saturated carbocycles. The molecule has 0 spiro atoms. The standard InChI is InChI=1S/C25H27N5O2.CH4/c1-17-22-23(30-14-6-9-21(30)24(31)29(22)2)28-25(27-17)26-15-18-10-12-20(13-11-18)32-16-19-7-4-3-5-8-19;/h3-5,7-8,10-13,21H,6,9,14-16H2,1-2H3,(H,26,27,28);1H4/t21-;/m0./s1. The lowest BCUT2D eigenvalue weighted by Crippen LogP contribution is -2.49. The lowest BCUT2D eigenvalue weighted by molar-refractivity contribution is -0.119. The maximum atomic E-state index is 12.7. The van der Waals surface area contributed by atoms with Crippen molar-refractivity contribution in [2.75, 3.05) is 28.7 Å². The van der Waals surface area contributed by atoms with E-state index in [-0.39, 0.29) is 19.4 Å². The average molecular weight is 446 g/mol. The van der Waals surface area contributed by atoms with Crippen molar-refractivity contribution < 1.29 is 9.53 Å². The molecule has 2 aliphatic heterocycles. The van der Waals surface area contributed by atoms with E-state index in [9.17, 15) is 4.79 Å². The predicted octanol–water partition coefficient (Wildman–Crippen LogP) is 4.56. The Morgan fingerprint density at radius 3 is 2.58 bits per heavy atom. The van der Waals surface area contributed by atoms with Crippen molar-refractivity contribution >= 4 is 23.4 Å². The van der Waals surface area contributed by atoms with E-state index in [0.717, 1.165) is 53.5 Å². The first kappa shape index (κ1) is 22.6. The maximum Gasteiger partial charge on any atom is 0.249 e. The third-order valence-corrected chi connectivity index (χ3v) is 6.14. The summed E-state index contributed by atoms with van der Waals surface area (Å²) in [5.41, 5.74) is 3.88. The molecule has 1 aromatic heterocycles. The fourth-order valence-electron chi connectivity index (χ4n) is 4.46. The van der Waals surface area contributed by atoms with Crippen LogP contribution in [-0.4, -0.2) is 35.5 Å². The fraction of sp³-hybridized carbons (Fsp3) is 0.346. The van der Waals surface area contributed by atoms with Gasteiger partial charge in [0.25, 0.3) is 0 Å². The van der Waals surface area contributed by atoms with Gasteiger partial charge in [0.2, 0.25) is 11.9 Å². The van der Waals surface area contributed by atoms with E-state index in [0.29, 0.717) is 19.1 Å². The number of hydrogen-bond donors (Lipinski definition) is 1. The lowest BCUT2D eigenvalue weighted by Gasteiger charge is -2.37. The van der Waals surface area contributed by atoms with Gasteiger partial charge in [-0.1, -0.05) is 49.9 Å². The molecule has 1 atom stereocenters. The Kier molecular flexibility index (Phi) is 6.49. The molecule has 0 aliphatic carbocycles. The molecule has 0 bridgehead atoms. The van der Waals surface area contributed by atoms with Crippen molar-refractivity contribution in [1.29, 1.82) is 0 Å². The van der Waals surface area contributed by atoms with E-state index < -0.39 is 0 Å². The number of ether oxygens (including phenoxy) is 1. The highest BCUT2D eigenvalue weighted by atomic mass is 16.5. The van der Waals surface area contributed by atoms with Crippen LogP contribution in [0.15, 0.2) is 54.6 Å². The zero-order valence-electron chi connectivity index (χ0n) is 18.4. The number of benzene rings is 2. The molecule has 2 aromatic carbocycles. The van der Waals surface area contributed by atoms with Gasteiger partial charge in [-0.25, -0.2) is 4.98 Å². The molecule has 1 amide bonds. The van der Waals surface area contributed by atoms with Gasteiger partial charge in [-0.3, -0.25) is 4.79 Å². The van der Waals surface area contributed by atoms with Crippen LogP contribution in [0.4, 0.5) is 17.5 Å². The van der Waals surface area contributed by atoms with Gasteiger partial charge in [0.1, 0.15) is 24.1 Å². The Morgan fingerprint density at radius 1 is 1.06 bits per heavy atom. The summed E-state index contributed by atoms with van der Waals surface area (Å²) in [6.07, 6.45) is 1.89. The largest absolute Gasteiger partial charge is 0.489 e. The molecule has 7 heteroatoms. The number of nitrogens with zero attached hydrogens (tertiary/aromatic N) is 4. The summed E-state index contributed by atoms with van der Waals surface area (Å²) in [6, 6.07) is 18.1. The van der Waals surface area contributed by atoms with Crippen molar-refractivity contribution in [2.45, 2.75) is 46.4 Å². The number of aromatic nitrogens is 2. The molecule has 0 radical (unpaired) electrons.